The monoisotopic (exact) mass is 409 g/mol. The third kappa shape index (κ3) is 5.38. The van der Waals surface area contributed by atoms with Crippen LogP contribution in [-0.2, 0) is 14.8 Å². The summed E-state index contributed by atoms with van der Waals surface area (Å²) in [5.41, 5.74) is 1.36. The number of sulfonamides is 1. The molecule has 2 aromatic carbocycles. The van der Waals surface area contributed by atoms with Gasteiger partial charge in [-0.25, -0.2) is 18.4 Å². The van der Waals surface area contributed by atoms with Crippen molar-refractivity contribution in [2.75, 3.05) is 6.61 Å². The highest BCUT2D eigenvalue weighted by Gasteiger charge is 2.18. The van der Waals surface area contributed by atoms with Crippen LogP contribution >= 0.6 is 11.6 Å². The van der Waals surface area contributed by atoms with Gasteiger partial charge in [-0.3, -0.25) is 4.79 Å². The molecule has 0 aromatic heterocycles. The zero-order chi connectivity index (χ0) is 20.2. The second-order valence-electron chi connectivity index (χ2n) is 6.12. The lowest BCUT2D eigenvalue weighted by Crippen LogP contribution is -2.16. The molecule has 0 saturated carbocycles. The molecule has 6 nitrogen and oxygen atoms in total. The molecule has 0 aliphatic heterocycles. The van der Waals surface area contributed by atoms with E-state index in [1.807, 2.05) is 12.1 Å². The molecule has 0 amide bonds. The number of rotatable bonds is 7. The van der Waals surface area contributed by atoms with E-state index in [0.717, 1.165) is 18.1 Å². The summed E-state index contributed by atoms with van der Waals surface area (Å²) in [7, 11) is -4.00. The summed E-state index contributed by atoms with van der Waals surface area (Å²) in [6.45, 7) is 3.69. The fraction of sp³-hybridized carbons (Fsp3) is 0.263. The first-order valence-electron chi connectivity index (χ1n) is 8.26. The van der Waals surface area contributed by atoms with Gasteiger partial charge in [0.25, 0.3) is 0 Å². The first kappa shape index (κ1) is 21.1. The number of ether oxygens (including phenoxy) is 1. The SMILES string of the molecule is CC[C@@H](C)c1ccc(C(=O)COC(=O)c2cc(S(N)(=O)=O)ccc2Cl)cc1. The highest BCUT2D eigenvalue weighted by Crippen LogP contribution is 2.21. The maximum Gasteiger partial charge on any atom is 0.340 e. The van der Waals surface area contributed by atoms with Crippen molar-refractivity contribution >= 4 is 33.4 Å². The average molecular weight is 410 g/mol. The maximum absolute atomic E-state index is 12.2. The molecule has 2 rings (SSSR count). The highest BCUT2D eigenvalue weighted by atomic mass is 35.5. The molecule has 2 N–H and O–H groups in total. The molecule has 1 atom stereocenters. The van der Waals surface area contributed by atoms with E-state index in [-0.39, 0.29) is 21.3 Å². The van der Waals surface area contributed by atoms with Crippen LogP contribution in [0.3, 0.4) is 0 Å². The van der Waals surface area contributed by atoms with E-state index in [9.17, 15) is 18.0 Å². The number of halogens is 1. The quantitative estimate of drug-likeness (QED) is 0.556. The third-order valence-electron chi connectivity index (χ3n) is 4.23. The van der Waals surface area contributed by atoms with Gasteiger partial charge in [-0.2, -0.15) is 0 Å². The number of benzene rings is 2. The molecule has 0 fully saturated rings. The molecule has 27 heavy (non-hydrogen) atoms. The topological polar surface area (TPSA) is 104 Å². The van der Waals surface area contributed by atoms with Crippen molar-refractivity contribution in [3.8, 4) is 0 Å². The van der Waals surface area contributed by atoms with Crippen LogP contribution in [0.5, 0.6) is 0 Å². The van der Waals surface area contributed by atoms with Crippen LogP contribution in [0.2, 0.25) is 5.02 Å². The summed E-state index contributed by atoms with van der Waals surface area (Å²) in [5.74, 6) is -0.895. The number of nitrogens with two attached hydrogens (primary N) is 1. The van der Waals surface area contributed by atoms with Crippen LogP contribution < -0.4 is 5.14 Å². The summed E-state index contributed by atoms with van der Waals surface area (Å²) in [4.78, 5) is 24.1. The summed E-state index contributed by atoms with van der Waals surface area (Å²) in [6, 6.07) is 10.5. The third-order valence-corrected chi connectivity index (χ3v) is 5.48. The zero-order valence-electron chi connectivity index (χ0n) is 14.9. The number of carbonyl (C=O) groups excluding carboxylic acids is 2. The largest absolute Gasteiger partial charge is 0.454 e. The summed E-state index contributed by atoms with van der Waals surface area (Å²) >= 11 is 5.91. The van der Waals surface area contributed by atoms with Crippen LogP contribution in [0.15, 0.2) is 47.4 Å². The van der Waals surface area contributed by atoms with E-state index in [2.05, 4.69) is 13.8 Å². The Morgan fingerprint density at radius 3 is 2.33 bits per heavy atom. The summed E-state index contributed by atoms with van der Waals surface area (Å²) in [6.07, 6.45) is 0.989. The zero-order valence-corrected chi connectivity index (χ0v) is 16.5. The second kappa shape index (κ2) is 8.65. The van der Waals surface area contributed by atoms with Gasteiger partial charge in [0.1, 0.15) is 0 Å². The van der Waals surface area contributed by atoms with E-state index in [4.69, 9.17) is 21.5 Å². The van der Waals surface area contributed by atoms with Gasteiger partial charge in [0.15, 0.2) is 12.4 Å². The summed E-state index contributed by atoms with van der Waals surface area (Å²) < 4.78 is 27.8. The molecule has 0 aliphatic carbocycles. The second-order valence-corrected chi connectivity index (χ2v) is 8.09. The van der Waals surface area contributed by atoms with Gasteiger partial charge in [-0.1, -0.05) is 49.7 Å². The Morgan fingerprint density at radius 1 is 1.15 bits per heavy atom. The standard InChI is InChI=1S/C19H20ClNO5S/c1-3-12(2)13-4-6-14(7-5-13)18(22)11-26-19(23)16-10-15(27(21,24)25)8-9-17(16)20/h4-10,12H,3,11H2,1-2H3,(H2,21,24,25)/t12-/m1/s1. The van der Waals surface area contributed by atoms with Gasteiger partial charge in [0, 0.05) is 5.56 Å². The van der Waals surface area contributed by atoms with E-state index >= 15 is 0 Å². The van der Waals surface area contributed by atoms with E-state index in [1.54, 1.807) is 12.1 Å². The predicted octanol–water partition coefficient (Wildman–Crippen LogP) is 3.54. The lowest BCUT2D eigenvalue weighted by atomic mass is 9.97. The highest BCUT2D eigenvalue weighted by molar-refractivity contribution is 7.89. The van der Waals surface area contributed by atoms with E-state index in [0.29, 0.717) is 11.5 Å². The van der Waals surface area contributed by atoms with E-state index < -0.39 is 22.6 Å². The van der Waals surface area contributed by atoms with Crippen LogP contribution in [0.25, 0.3) is 0 Å². The Labute approximate surface area is 163 Å². The Bertz CT molecular complexity index is 955. The van der Waals surface area contributed by atoms with Gasteiger partial charge in [-0.05, 0) is 36.1 Å². The smallest absolute Gasteiger partial charge is 0.340 e. The van der Waals surface area contributed by atoms with Crippen molar-refractivity contribution in [1.29, 1.82) is 0 Å². The van der Waals surface area contributed by atoms with Gasteiger partial charge >= 0.3 is 5.97 Å². The number of hydrogen-bond acceptors (Lipinski definition) is 5. The minimum atomic E-state index is -4.00. The molecule has 2 aromatic rings. The first-order valence-corrected chi connectivity index (χ1v) is 10.2. The molecule has 0 spiro atoms. The molecular weight excluding hydrogens is 390 g/mol. The number of Topliss-reactive ketones (excluding diaryl/α,β-unsaturated/α-hetero) is 1. The van der Waals surface area contributed by atoms with Gasteiger partial charge in [0.05, 0.1) is 15.5 Å². The van der Waals surface area contributed by atoms with Gasteiger partial charge < -0.3 is 4.74 Å². The maximum atomic E-state index is 12.2. The Hall–Kier alpha value is -2.22. The summed E-state index contributed by atoms with van der Waals surface area (Å²) in [5, 5.41) is 5.04. The molecule has 0 aliphatic rings. The molecule has 144 valence electrons. The minimum absolute atomic E-state index is 0.00208. The van der Waals surface area contributed by atoms with Crippen molar-refractivity contribution in [3.63, 3.8) is 0 Å². The molecular formula is C19H20ClNO5S. The lowest BCUT2D eigenvalue weighted by molar-refractivity contribution is 0.0474. The van der Waals surface area contributed by atoms with Crippen molar-refractivity contribution in [1.82, 2.24) is 0 Å². The van der Waals surface area contributed by atoms with Crippen LogP contribution in [-0.4, -0.2) is 26.8 Å². The molecule has 0 heterocycles. The van der Waals surface area contributed by atoms with Crippen LogP contribution in [0.4, 0.5) is 0 Å². The molecule has 8 heteroatoms. The average Bonchev–Trinajstić information content (AvgIpc) is 2.64. The van der Waals surface area contributed by atoms with Gasteiger partial charge in [0.2, 0.25) is 10.0 Å². The number of ketones is 1. The van der Waals surface area contributed by atoms with Crippen molar-refractivity contribution in [2.45, 2.75) is 31.1 Å². The fourth-order valence-corrected chi connectivity index (χ4v) is 3.10. The van der Waals surface area contributed by atoms with Gasteiger partial charge in [-0.15, -0.1) is 0 Å². The molecule has 0 unspecified atom stereocenters. The van der Waals surface area contributed by atoms with Crippen LogP contribution in [0.1, 0.15) is 52.5 Å². The first-order chi connectivity index (χ1) is 12.6. The minimum Gasteiger partial charge on any atom is -0.454 e. The molecule has 0 bridgehead atoms. The number of hydrogen-bond donors (Lipinski definition) is 1. The number of carbonyl (C=O) groups is 2. The number of primary sulfonamides is 1. The fourth-order valence-electron chi connectivity index (χ4n) is 2.36. The molecule has 0 radical (unpaired) electrons. The van der Waals surface area contributed by atoms with Crippen LogP contribution in [0, 0.1) is 0 Å². The van der Waals surface area contributed by atoms with Crippen molar-refractivity contribution in [2.24, 2.45) is 5.14 Å². The van der Waals surface area contributed by atoms with E-state index in [1.165, 1.54) is 12.1 Å². The Kier molecular flexibility index (Phi) is 6.75. The Balaban J connectivity index is 2.08. The number of esters is 1. The lowest BCUT2D eigenvalue weighted by Gasteiger charge is -2.10. The Morgan fingerprint density at radius 2 is 1.78 bits per heavy atom. The van der Waals surface area contributed by atoms with Crippen molar-refractivity contribution in [3.05, 3.63) is 64.2 Å². The normalized spacial score (nSPS) is 12.4. The van der Waals surface area contributed by atoms with Crippen molar-refractivity contribution < 1.29 is 22.7 Å². The molecule has 0 saturated heterocycles. The predicted molar refractivity (Wildman–Crippen MR) is 103 cm³/mol.